The van der Waals surface area contributed by atoms with Gasteiger partial charge < -0.3 is 15.4 Å². The standard InChI is InChI=1S/C15H24N4OS/c1-5-11-8-12-13(17-9-10(4)20-7-3)18-15(16-6-2)19-14(12)21-11/h8,10H,5-7,9H2,1-4H3,(H2,16,17,18,19). The topological polar surface area (TPSA) is 59.1 Å². The van der Waals surface area contributed by atoms with Gasteiger partial charge in [-0.15, -0.1) is 11.3 Å². The number of hydrogen-bond acceptors (Lipinski definition) is 6. The number of fused-ring (bicyclic) bond motifs is 1. The molecule has 2 heterocycles. The largest absolute Gasteiger partial charge is 0.377 e. The Morgan fingerprint density at radius 2 is 2.05 bits per heavy atom. The Morgan fingerprint density at radius 1 is 1.24 bits per heavy atom. The Balaban J connectivity index is 2.27. The number of aromatic nitrogens is 2. The molecule has 21 heavy (non-hydrogen) atoms. The van der Waals surface area contributed by atoms with Gasteiger partial charge in [0.2, 0.25) is 5.95 Å². The molecule has 0 bridgehead atoms. The summed E-state index contributed by atoms with van der Waals surface area (Å²) in [7, 11) is 0. The molecule has 5 nitrogen and oxygen atoms in total. The number of nitrogens with zero attached hydrogens (tertiary/aromatic N) is 2. The van der Waals surface area contributed by atoms with Crippen LogP contribution in [0.2, 0.25) is 0 Å². The van der Waals surface area contributed by atoms with Crippen molar-refractivity contribution < 1.29 is 4.74 Å². The number of anilines is 2. The molecule has 0 radical (unpaired) electrons. The van der Waals surface area contributed by atoms with Crippen molar-refractivity contribution in [3.8, 4) is 0 Å². The van der Waals surface area contributed by atoms with Crippen LogP contribution in [0, 0.1) is 0 Å². The Morgan fingerprint density at radius 3 is 2.71 bits per heavy atom. The van der Waals surface area contributed by atoms with E-state index >= 15 is 0 Å². The highest BCUT2D eigenvalue weighted by Gasteiger charge is 2.12. The van der Waals surface area contributed by atoms with Crippen LogP contribution in [0.5, 0.6) is 0 Å². The van der Waals surface area contributed by atoms with Crippen molar-refractivity contribution >= 4 is 33.3 Å². The van der Waals surface area contributed by atoms with Crippen molar-refractivity contribution in [2.75, 3.05) is 30.3 Å². The first-order chi connectivity index (χ1) is 10.2. The molecule has 0 amide bonds. The molecule has 0 aliphatic heterocycles. The summed E-state index contributed by atoms with van der Waals surface area (Å²) in [5, 5.41) is 7.69. The smallest absolute Gasteiger partial charge is 0.226 e. The minimum atomic E-state index is 0.159. The van der Waals surface area contributed by atoms with E-state index in [1.54, 1.807) is 11.3 Å². The van der Waals surface area contributed by atoms with Gasteiger partial charge in [0.05, 0.1) is 11.5 Å². The molecular formula is C15H24N4OS. The maximum atomic E-state index is 5.56. The summed E-state index contributed by atoms with van der Waals surface area (Å²) in [5.41, 5.74) is 0. The van der Waals surface area contributed by atoms with Crippen molar-refractivity contribution in [1.82, 2.24) is 9.97 Å². The second kappa shape index (κ2) is 7.56. The van der Waals surface area contributed by atoms with Crippen LogP contribution in [-0.4, -0.2) is 35.8 Å². The summed E-state index contributed by atoms with van der Waals surface area (Å²) < 4.78 is 5.56. The van der Waals surface area contributed by atoms with Crippen LogP contribution in [0.1, 0.15) is 32.6 Å². The molecule has 1 atom stereocenters. The van der Waals surface area contributed by atoms with Crippen molar-refractivity contribution in [1.29, 1.82) is 0 Å². The highest BCUT2D eigenvalue weighted by molar-refractivity contribution is 7.18. The summed E-state index contributed by atoms with van der Waals surface area (Å²) >= 11 is 1.73. The fraction of sp³-hybridized carbons (Fsp3) is 0.600. The van der Waals surface area contributed by atoms with Crippen molar-refractivity contribution in [3.63, 3.8) is 0 Å². The molecule has 6 heteroatoms. The Bertz CT molecular complexity index is 584. The van der Waals surface area contributed by atoms with Crippen LogP contribution in [0.3, 0.4) is 0 Å². The van der Waals surface area contributed by atoms with Gasteiger partial charge in [-0.05, 0) is 33.3 Å². The third-order valence-electron chi connectivity index (χ3n) is 3.14. The van der Waals surface area contributed by atoms with Gasteiger partial charge in [-0.3, -0.25) is 0 Å². The molecule has 2 rings (SSSR count). The van der Waals surface area contributed by atoms with Gasteiger partial charge in [0.1, 0.15) is 10.6 Å². The zero-order valence-corrected chi connectivity index (χ0v) is 14.0. The second-order valence-corrected chi connectivity index (χ2v) is 5.97. The third kappa shape index (κ3) is 4.04. The van der Waals surface area contributed by atoms with E-state index in [2.05, 4.69) is 40.5 Å². The quantitative estimate of drug-likeness (QED) is 0.781. The molecule has 0 aromatic carbocycles. The first kappa shape index (κ1) is 16.0. The molecule has 2 N–H and O–H groups in total. The molecule has 0 saturated carbocycles. The molecule has 0 aliphatic carbocycles. The summed E-state index contributed by atoms with van der Waals surface area (Å²) in [6, 6.07) is 2.18. The van der Waals surface area contributed by atoms with Crippen LogP contribution in [0.4, 0.5) is 11.8 Å². The molecule has 0 saturated heterocycles. The van der Waals surface area contributed by atoms with E-state index in [0.717, 1.165) is 42.2 Å². The molecular weight excluding hydrogens is 284 g/mol. The average Bonchev–Trinajstić information content (AvgIpc) is 2.88. The van der Waals surface area contributed by atoms with E-state index in [1.165, 1.54) is 4.88 Å². The minimum absolute atomic E-state index is 0.159. The van der Waals surface area contributed by atoms with Gasteiger partial charge in [0.25, 0.3) is 0 Å². The number of ether oxygens (including phenoxy) is 1. The highest BCUT2D eigenvalue weighted by atomic mass is 32.1. The lowest BCUT2D eigenvalue weighted by Crippen LogP contribution is -2.20. The van der Waals surface area contributed by atoms with Crippen LogP contribution < -0.4 is 10.6 Å². The predicted octanol–water partition coefficient (Wildman–Crippen LogP) is 3.52. The lowest BCUT2D eigenvalue weighted by atomic mass is 10.3. The lowest BCUT2D eigenvalue weighted by Gasteiger charge is -2.14. The van der Waals surface area contributed by atoms with Crippen LogP contribution in [0.25, 0.3) is 10.2 Å². The van der Waals surface area contributed by atoms with Gasteiger partial charge in [0, 0.05) is 24.6 Å². The van der Waals surface area contributed by atoms with Gasteiger partial charge in [-0.2, -0.15) is 4.98 Å². The van der Waals surface area contributed by atoms with Gasteiger partial charge in [0.15, 0.2) is 0 Å². The Labute approximate surface area is 130 Å². The molecule has 0 spiro atoms. The molecule has 0 fully saturated rings. The van der Waals surface area contributed by atoms with Crippen molar-refractivity contribution in [3.05, 3.63) is 10.9 Å². The van der Waals surface area contributed by atoms with E-state index in [1.807, 2.05) is 13.8 Å². The molecule has 2 aromatic heterocycles. The summed E-state index contributed by atoms with van der Waals surface area (Å²) in [6.07, 6.45) is 1.18. The monoisotopic (exact) mass is 308 g/mol. The first-order valence-corrected chi connectivity index (χ1v) is 8.39. The Hall–Kier alpha value is -1.40. The molecule has 0 aliphatic rings. The molecule has 1 unspecified atom stereocenters. The van der Waals surface area contributed by atoms with Crippen LogP contribution in [-0.2, 0) is 11.2 Å². The zero-order chi connectivity index (χ0) is 15.2. The highest BCUT2D eigenvalue weighted by Crippen LogP contribution is 2.30. The summed E-state index contributed by atoms with van der Waals surface area (Å²) in [6.45, 7) is 10.6. The summed E-state index contributed by atoms with van der Waals surface area (Å²) in [4.78, 5) is 11.5. The molecule has 2 aromatic rings. The number of aryl methyl sites for hydroxylation is 1. The first-order valence-electron chi connectivity index (χ1n) is 7.57. The maximum Gasteiger partial charge on any atom is 0.226 e. The van der Waals surface area contributed by atoms with Crippen LogP contribution >= 0.6 is 11.3 Å². The van der Waals surface area contributed by atoms with E-state index in [9.17, 15) is 0 Å². The SMILES string of the molecule is CCNc1nc(NCC(C)OCC)c2cc(CC)sc2n1. The van der Waals surface area contributed by atoms with Gasteiger partial charge >= 0.3 is 0 Å². The number of nitrogens with one attached hydrogen (secondary N) is 2. The van der Waals surface area contributed by atoms with Crippen LogP contribution in [0.15, 0.2) is 6.07 Å². The molecule has 116 valence electrons. The number of thiophene rings is 1. The fourth-order valence-electron chi connectivity index (χ4n) is 2.10. The van der Waals surface area contributed by atoms with E-state index in [-0.39, 0.29) is 6.10 Å². The van der Waals surface area contributed by atoms with E-state index in [0.29, 0.717) is 5.95 Å². The third-order valence-corrected chi connectivity index (χ3v) is 4.31. The minimum Gasteiger partial charge on any atom is -0.377 e. The number of rotatable bonds is 8. The van der Waals surface area contributed by atoms with E-state index < -0.39 is 0 Å². The lowest BCUT2D eigenvalue weighted by molar-refractivity contribution is 0.0855. The fourth-order valence-corrected chi connectivity index (χ4v) is 3.07. The van der Waals surface area contributed by atoms with E-state index in [4.69, 9.17) is 4.74 Å². The second-order valence-electron chi connectivity index (χ2n) is 4.86. The van der Waals surface area contributed by atoms with Crippen molar-refractivity contribution in [2.45, 2.75) is 40.2 Å². The van der Waals surface area contributed by atoms with Gasteiger partial charge in [-0.25, -0.2) is 4.98 Å². The zero-order valence-electron chi connectivity index (χ0n) is 13.2. The normalized spacial score (nSPS) is 12.6. The maximum absolute atomic E-state index is 5.56. The van der Waals surface area contributed by atoms with Crippen molar-refractivity contribution in [2.24, 2.45) is 0 Å². The Kier molecular flexibility index (Phi) is 5.76. The van der Waals surface area contributed by atoms with Gasteiger partial charge in [-0.1, -0.05) is 6.92 Å². The number of hydrogen-bond donors (Lipinski definition) is 2. The average molecular weight is 308 g/mol. The predicted molar refractivity (Wildman–Crippen MR) is 90.5 cm³/mol. The summed E-state index contributed by atoms with van der Waals surface area (Å²) in [5.74, 6) is 1.57.